The van der Waals surface area contributed by atoms with E-state index in [1.54, 1.807) is 8.94 Å². The molecule has 0 fully saturated rings. The van der Waals surface area contributed by atoms with Gasteiger partial charge in [0, 0.05) is 0 Å². The second kappa shape index (κ2) is 7.24. The zero-order chi connectivity index (χ0) is 7.98. The van der Waals surface area contributed by atoms with Gasteiger partial charge in [0.1, 0.15) is 0 Å². The molecule has 0 spiro atoms. The normalized spacial score (nSPS) is 11.4. The van der Waals surface area contributed by atoms with Gasteiger partial charge >= 0.3 is 82.6 Å². The predicted octanol–water partition coefficient (Wildman–Crippen LogP) is 2.46. The molecular formula is C8H18Te2. The average molecular weight is 369 g/mol. The van der Waals surface area contributed by atoms with Crippen LogP contribution in [0, 0.1) is 11.8 Å². The number of rotatable bonds is 5. The predicted molar refractivity (Wildman–Crippen MR) is 50.8 cm³/mol. The minimum absolute atomic E-state index is 0.522. The average Bonchev–Trinajstić information content (AvgIpc) is 1.79. The summed E-state index contributed by atoms with van der Waals surface area (Å²) in [5.74, 6) is 1.97. The molecule has 0 saturated heterocycles. The Labute approximate surface area is 81.9 Å². The standard InChI is InChI=1S/C8H18Te2/c1-7(2)5-9-10-6-8(3)4/h7-8H,5-6H2,1-4H3. The molecule has 62 valence electrons. The molecule has 10 heavy (non-hydrogen) atoms. The Morgan fingerprint density at radius 1 is 0.800 bits per heavy atom. The fourth-order valence-corrected chi connectivity index (χ4v) is 16.6. The second-order valence-corrected chi connectivity index (χ2v) is 15.6. The third kappa shape index (κ3) is 9.58. The summed E-state index contributed by atoms with van der Waals surface area (Å²) >= 11 is 1.04. The van der Waals surface area contributed by atoms with Gasteiger partial charge in [0.15, 0.2) is 0 Å². The Bertz CT molecular complexity index is 59.7. The van der Waals surface area contributed by atoms with E-state index in [1.165, 1.54) is 0 Å². The van der Waals surface area contributed by atoms with Gasteiger partial charge in [-0.2, -0.15) is 0 Å². The quantitative estimate of drug-likeness (QED) is 0.516. The Hall–Kier alpha value is 1.58. The molecule has 0 aromatic heterocycles. The number of hydrogen-bond acceptors (Lipinski definition) is 0. The molecule has 0 amide bonds. The van der Waals surface area contributed by atoms with Gasteiger partial charge < -0.3 is 0 Å². The van der Waals surface area contributed by atoms with E-state index in [9.17, 15) is 0 Å². The third-order valence-electron chi connectivity index (χ3n) is 0.886. The molecule has 2 heteroatoms. The SMILES string of the molecule is CC(C)C[Te][Te]CC(C)C. The van der Waals surface area contributed by atoms with Gasteiger partial charge in [-0.15, -0.1) is 0 Å². The van der Waals surface area contributed by atoms with Gasteiger partial charge in [-0.3, -0.25) is 0 Å². The first kappa shape index (κ1) is 11.6. The van der Waals surface area contributed by atoms with E-state index in [0.29, 0.717) is 34.1 Å². The van der Waals surface area contributed by atoms with Crippen LogP contribution < -0.4 is 0 Å². The van der Waals surface area contributed by atoms with E-state index >= 15 is 0 Å². The van der Waals surface area contributed by atoms with Gasteiger partial charge in [-0.1, -0.05) is 0 Å². The topological polar surface area (TPSA) is 0 Å². The summed E-state index contributed by atoms with van der Waals surface area (Å²) in [4.78, 5) is 0. The van der Waals surface area contributed by atoms with Crippen LogP contribution in [0.15, 0.2) is 0 Å². The maximum absolute atomic E-state index is 2.35. The molecule has 0 unspecified atom stereocenters. The molecule has 0 N–H and O–H groups in total. The van der Waals surface area contributed by atoms with Crippen molar-refractivity contribution in [3.63, 3.8) is 0 Å². The van der Waals surface area contributed by atoms with E-state index in [4.69, 9.17) is 0 Å². The molecule has 0 aliphatic rings. The Morgan fingerprint density at radius 3 is 1.30 bits per heavy atom. The van der Waals surface area contributed by atoms with Crippen molar-refractivity contribution >= 4 is 34.1 Å². The second-order valence-electron chi connectivity index (χ2n) is 3.36. The monoisotopic (exact) mass is 374 g/mol. The molecule has 0 bridgehead atoms. The van der Waals surface area contributed by atoms with Gasteiger partial charge in [0.2, 0.25) is 0 Å². The van der Waals surface area contributed by atoms with Crippen molar-refractivity contribution in [2.75, 3.05) is 0 Å². The van der Waals surface area contributed by atoms with E-state index < -0.39 is 0 Å². The van der Waals surface area contributed by atoms with Crippen LogP contribution >= 0.6 is 0 Å². The van der Waals surface area contributed by atoms with Crippen molar-refractivity contribution in [2.45, 2.75) is 36.6 Å². The first-order valence-electron chi connectivity index (χ1n) is 3.87. The Balaban J connectivity index is 2.91. The van der Waals surface area contributed by atoms with Gasteiger partial charge in [0.05, 0.1) is 0 Å². The molecule has 0 aliphatic carbocycles. The van der Waals surface area contributed by atoms with Crippen LogP contribution in [0.4, 0.5) is 0 Å². The first-order chi connectivity index (χ1) is 4.63. The van der Waals surface area contributed by atoms with Crippen LogP contribution in [-0.4, -0.2) is 34.1 Å². The fourth-order valence-electron chi connectivity index (χ4n) is 0.368. The van der Waals surface area contributed by atoms with Gasteiger partial charge in [-0.05, 0) is 0 Å². The van der Waals surface area contributed by atoms with Crippen molar-refractivity contribution in [1.29, 1.82) is 0 Å². The maximum atomic E-state index is 2.35. The molecular weight excluding hydrogens is 351 g/mol. The van der Waals surface area contributed by atoms with Crippen LogP contribution in [-0.2, 0) is 0 Å². The summed E-state index contributed by atoms with van der Waals surface area (Å²) in [6.07, 6.45) is 0. The zero-order valence-corrected chi connectivity index (χ0v) is 12.0. The summed E-state index contributed by atoms with van der Waals surface area (Å²) < 4.78 is 3.19. The molecule has 0 aromatic rings. The summed E-state index contributed by atoms with van der Waals surface area (Å²) in [5, 5.41) is 0. The van der Waals surface area contributed by atoms with Crippen molar-refractivity contribution in [2.24, 2.45) is 11.8 Å². The minimum atomic E-state index is 0.522. The molecule has 0 rings (SSSR count). The molecule has 0 aromatic carbocycles. The zero-order valence-electron chi connectivity index (χ0n) is 7.39. The van der Waals surface area contributed by atoms with Crippen LogP contribution in [0.25, 0.3) is 0 Å². The van der Waals surface area contributed by atoms with E-state index in [2.05, 4.69) is 27.7 Å². The van der Waals surface area contributed by atoms with Crippen molar-refractivity contribution in [3.8, 4) is 0 Å². The van der Waals surface area contributed by atoms with Crippen molar-refractivity contribution < 1.29 is 0 Å². The molecule has 0 heterocycles. The van der Waals surface area contributed by atoms with E-state index in [-0.39, 0.29) is 0 Å². The van der Waals surface area contributed by atoms with E-state index in [1.807, 2.05) is 0 Å². The summed E-state index contributed by atoms with van der Waals surface area (Å²) in [6, 6.07) is 0. The Morgan fingerprint density at radius 2 is 1.10 bits per heavy atom. The van der Waals surface area contributed by atoms with E-state index in [0.717, 1.165) is 11.8 Å². The van der Waals surface area contributed by atoms with Crippen molar-refractivity contribution in [3.05, 3.63) is 0 Å². The first-order valence-corrected chi connectivity index (χ1v) is 14.5. The molecule has 0 atom stereocenters. The van der Waals surface area contributed by atoms with Gasteiger partial charge in [0.25, 0.3) is 0 Å². The van der Waals surface area contributed by atoms with Crippen LogP contribution in [0.2, 0.25) is 8.94 Å². The summed E-state index contributed by atoms with van der Waals surface area (Å²) in [7, 11) is 0. The van der Waals surface area contributed by atoms with Crippen molar-refractivity contribution in [1.82, 2.24) is 0 Å². The summed E-state index contributed by atoms with van der Waals surface area (Å²) in [6.45, 7) is 9.42. The number of hydrogen-bond donors (Lipinski definition) is 0. The van der Waals surface area contributed by atoms with Crippen LogP contribution in [0.1, 0.15) is 27.7 Å². The molecule has 0 radical (unpaired) electrons. The van der Waals surface area contributed by atoms with Crippen LogP contribution in [0.5, 0.6) is 0 Å². The molecule has 0 nitrogen and oxygen atoms in total. The Kier molecular flexibility index (Phi) is 8.38. The van der Waals surface area contributed by atoms with Crippen LogP contribution in [0.3, 0.4) is 0 Å². The van der Waals surface area contributed by atoms with Gasteiger partial charge in [-0.25, -0.2) is 0 Å². The molecule has 0 saturated carbocycles. The third-order valence-corrected chi connectivity index (χ3v) is 14.3. The fraction of sp³-hybridized carbons (Fsp3) is 1.00. The molecule has 0 aliphatic heterocycles. The summed E-state index contributed by atoms with van der Waals surface area (Å²) in [5.41, 5.74) is 0.